The first kappa shape index (κ1) is 22.0. The normalized spacial score (nSPS) is 18.2. The van der Waals surface area contributed by atoms with E-state index in [1.54, 1.807) is 0 Å². The molecule has 3 heterocycles. The Kier molecular flexibility index (Phi) is 6.76. The molecule has 0 radical (unpaired) electrons. The van der Waals surface area contributed by atoms with Crippen molar-refractivity contribution in [3.63, 3.8) is 0 Å². The molecular weight excluding hydrogens is 418 g/mol. The summed E-state index contributed by atoms with van der Waals surface area (Å²) in [5, 5.41) is 0. The van der Waals surface area contributed by atoms with Crippen LogP contribution in [0.1, 0.15) is 29.7 Å². The molecule has 4 rings (SSSR count). The third kappa shape index (κ3) is 6.16. The van der Waals surface area contributed by atoms with Crippen LogP contribution in [-0.2, 0) is 29.7 Å². The van der Waals surface area contributed by atoms with E-state index in [-0.39, 0.29) is 11.2 Å². The lowest BCUT2D eigenvalue weighted by atomic mass is 9.98. The van der Waals surface area contributed by atoms with Crippen LogP contribution in [0.4, 0.5) is 0 Å². The molecule has 1 aromatic heterocycles. The second kappa shape index (κ2) is 9.52. The fourth-order valence-corrected chi connectivity index (χ4v) is 4.51. The molecule has 1 aromatic carbocycles. The standard InChI is InChI=1S/C22H29N3O5S/c1-31(27,28)23-16-24-8-6-17(7-9-24)14-30-22-15-29-20(10-21(22)26)13-25-11-18-4-2-3-5-19(18)12-25/h2-5,10,15,17,23H,6-9,11-14,16H2,1H3. The fourth-order valence-electron chi connectivity index (χ4n) is 4.09. The molecule has 1 fully saturated rings. The van der Waals surface area contributed by atoms with Gasteiger partial charge >= 0.3 is 0 Å². The summed E-state index contributed by atoms with van der Waals surface area (Å²) < 4.78 is 36.4. The lowest BCUT2D eigenvalue weighted by molar-refractivity contribution is 0.138. The molecular formula is C22H29N3O5S. The van der Waals surface area contributed by atoms with Gasteiger partial charge in [0.05, 0.1) is 26.1 Å². The van der Waals surface area contributed by atoms with Crippen LogP contribution in [-0.4, -0.2) is 50.8 Å². The third-order valence-corrected chi connectivity index (χ3v) is 6.52. The lowest BCUT2D eigenvalue weighted by Gasteiger charge is -2.31. The molecule has 1 saturated heterocycles. The predicted octanol–water partition coefficient (Wildman–Crippen LogP) is 1.75. The number of benzene rings is 1. The maximum Gasteiger partial charge on any atom is 0.227 e. The maximum atomic E-state index is 12.5. The molecule has 2 aliphatic rings. The Hall–Kier alpha value is -2.20. The molecule has 0 saturated carbocycles. The van der Waals surface area contributed by atoms with Crippen molar-refractivity contribution in [3.8, 4) is 5.75 Å². The van der Waals surface area contributed by atoms with Crippen LogP contribution < -0.4 is 14.9 Å². The van der Waals surface area contributed by atoms with E-state index < -0.39 is 10.0 Å². The molecule has 2 aliphatic heterocycles. The van der Waals surface area contributed by atoms with E-state index >= 15 is 0 Å². The summed E-state index contributed by atoms with van der Waals surface area (Å²) in [6, 6.07) is 9.89. The molecule has 31 heavy (non-hydrogen) atoms. The summed E-state index contributed by atoms with van der Waals surface area (Å²) in [5.74, 6) is 1.21. The van der Waals surface area contributed by atoms with E-state index in [2.05, 4.69) is 26.7 Å². The van der Waals surface area contributed by atoms with Crippen molar-refractivity contribution in [1.29, 1.82) is 0 Å². The van der Waals surface area contributed by atoms with Gasteiger partial charge in [0.1, 0.15) is 12.0 Å². The highest BCUT2D eigenvalue weighted by Crippen LogP contribution is 2.24. The molecule has 0 aliphatic carbocycles. The van der Waals surface area contributed by atoms with Crippen LogP contribution in [0.25, 0.3) is 0 Å². The highest BCUT2D eigenvalue weighted by Gasteiger charge is 2.22. The Morgan fingerprint density at radius 1 is 1.13 bits per heavy atom. The first-order chi connectivity index (χ1) is 14.9. The summed E-state index contributed by atoms with van der Waals surface area (Å²) >= 11 is 0. The Morgan fingerprint density at radius 2 is 1.81 bits per heavy atom. The summed E-state index contributed by atoms with van der Waals surface area (Å²) in [6.45, 7) is 4.68. The summed E-state index contributed by atoms with van der Waals surface area (Å²) in [7, 11) is -3.18. The van der Waals surface area contributed by atoms with Gasteiger partial charge in [0.2, 0.25) is 21.2 Å². The van der Waals surface area contributed by atoms with E-state index in [9.17, 15) is 13.2 Å². The van der Waals surface area contributed by atoms with E-state index in [1.807, 2.05) is 12.1 Å². The zero-order chi connectivity index (χ0) is 21.8. The largest absolute Gasteiger partial charge is 0.486 e. The van der Waals surface area contributed by atoms with Crippen molar-refractivity contribution >= 4 is 10.0 Å². The topological polar surface area (TPSA) is 92.1 Å². The van der Waals surface area contributed by atoms with Crippen LogP contribution >= 0.6 is 0 Å². The molecule has 0 bridgehead atoms. The zero-order valence-electron chi connectivity index (χ0n) is 17.7. The smallest absolute Gasteiger partial charge is 0.227 e. The van der Waals surface area contributed by atoms with Crippen LogP contribution in [0, 0.1) is 5.92 Å². The number of hydrogen-bond acceptors (Lipinski definition) is 7. The average molecular weight is 448 g/mol. The SMILES string of the molecule is CS(=O)(=O)NCN1CCC(COc2coc(CN3Cc4ccccc4C3)cc2=O)CC1. The summed E-state index contributed by atoms with van der Waals surface area (Å²) in [6.07, 6.45) is 4.37. The third-order valence-electron chi connectivity index (χ3n) is 5.87. The Labute approximate surface area is 182 Å². The first-order valence-electron chi connectivity index (χ1n) is 10.6. The first-order valence-corrected chi connectivity index (χ1v) is 12.5. The van der Waals surface area contributed by atoms with Gasteiger partial charge in [0.15, 0.2) is 0 Å². The number of piperidine rings is 1. The number of likely N-dealkylation sites (tertiary alicyclic amines) is 1. The van der Waals surface area contributed by atoms with Gasteiger partial charge in [-0.25, -0.2) is 13.1 Å². The van der Waals surface area contributed by atoms with Gasteiger partial charge in [-0.2, -0.15) is 0 Å². The van der Waals surface area contributed by atoms with Crippen molar-refractivity contribution in [1.82, 2.24) is 14.5 Å². The predicted molar refractivity (Wildman–Crippen MR) is 117 cm³/mol. The zero-order valence-corrected chi connectivity index (χ0v) is 18.6. The van der Waals surface area contributed by atoms with Crippen LogP contribution in [0.15, 0.2) is 45.8 Å². The van der Waals surface area contributed by atoms with E-state index in [0.29, 0.717) is 31.5 Å². The Morgan fingerprint density at radius 3 is 2.42 bits per heavy atom. The van der Waals surface area contributed by atoms with Gasteiger partial charge in [-0.1, -0.05) is 24.3 Å². The monoisotopic (exact) mass is 447 g/mol. The van der Waals surface area contributed by atoms with Crippen molar-refractivity contribution in [3.05, 3.63) is 63.7 Å². The molecule has 168 valence electrons. The van der Waals surface area contributed by atoms with Crippen LogP contribution in [0.3, 0.4) is 0 Å². The highest BCUT2D eigenvalue weighted by atomic mass is 32.2. The number of rotatable bonds is 8. The second-order valence-corrected chi connectivity index (χ2v) is 10.3. The molecule has 0 spiro atoms. The number of hydrogen-bond donors (Lipinski definition) is 1. The van der Waals surface area contributed by atoms with E-state index in [4.69, 9.17) is 9.15 Å². The number of nitrogens with one attached hydrogen (secondary N) is 1. The maximum absolute atomic E-state index is 12.5. The lowest BCUT2D eigenvalue weighted by Crippen LogP contribution is -2.42. The molecule has 9 heteroatoms. The fraction of sp³-hybridized carbons (Fsp3) is 0.500. The minimum atomic E-state index is -3.18. The molecule has 1 N–H and O–H groups in total. The number of sulfonamides is 1. The molecule has 8 nitrogen and oxygen atoms in total. The number of ether oxygens (including phenoxy) is 1. The van der Waals surface area contributed by atoms with E-state index in [1.165, 1.54) is 23.5 Å². The van der Waals surface area contributed by atoms with Gasteiger partial charge in [-0.3, -0.25) is 14.6 Å². The van der Waals surface area contributed by atoms with E-state index in [0.717, 1.165) is 45.3 Å². The number of nitrogens with zero attached hydrogens (tertiary/aromatic N) is 2. The van der Waals surface area contributed by atoms with Gasteiger partial charge in [0, 0.05) is 19.2 Å². The minimum Gasteiger partial charge on any atom is -0.486 e. The van der Waals surface area contributed by atoms with Gasteiger partial charge in [-0.15, -0.1) is 0 Å². The van der Waals surface area contributed by atoms with Crippen molar-refractivity contribution in [2.24, 2.45) is 5.92 Å². The summed E-state index contributed by atoms with van der Waals surface area (Å²) in [5.41, 5.74) is 2.48. The van der Waals surface area contributed by atoms with Gasteiger partial charge in [0.25, 0.3) is 0 Å². The second-order valence-electron chi connectivity index (χ2n) is 8.44. The summed E-state index contributed by atoms with van der Waals surface area (Å²) in [4.78, 5) is 16.8. The van der Waals surface area contributed by atoms with Crippen LogP contribution in [0.5, 0.6) is 5.75 Å². The molecule has 2 aromatic rings. The Bertz CT molecular complexity index is 1040. The molecule has 0 amide bonds. The van der Waals surface area contributed by atoms with Crippen molar-refractivity contribution < 1.29 is 17.6 Å². The quantitative estimate of drug-likeness (QED) is 0.659. The molecule has 0 atom stereocenters. The van der Waals surface area contributed by atoms with Gasteiger partial charge in [-0.05, 0) is 43.0 Å². The van der Waals surface area contributed by atoms with Crippen molar-refractivity contribution in [2.45, 2.75) is 32.5 Å². The molecule has 0 unspecified atom stereocenters. The van der Waals surface area contributed by atoms with Crippen LogP contribution in [0.2, 0.25) is 0 Å². The minimum absolute atomic E-state index is 0.159. The number of fused-ring (bicyclic) bond motifs is 1. The highest BCUT2D eigenvalue weighted by molar-refractivity contribution is 7.88. The van der Waals surface area contributed by atoms with Crippen molar-refractivity contribution in [2.75, 3.05) is 32.6 Å². The van der Waals surface area contributed by atoms with Gasteiger partial charge < -0.3 is 9.15 Å². The Balaban J connectivity index is 1.23. The average Bonchev–Trinajstić information content (AvgIpc) is 3.14.